The van der Waals surface area contributed by atoms with E-state index in [0.29, 0.717) is 12.8 Å². The Hall–Kier alpha value is -2.09. The van der Waals surface area contributed by atoms with Gasteiger partial charge in [0.05, 0.1) is 23.5 Å². The van der Waals surface area contributed by atoms with E-state index in [1.165, 1.54) is 25.3 Å². The van der Waals surface area contributed by atoms with Gasteiger partial charge in [0.25, 0.3) is 5.91 Å². The third-order valence-corrected chi connectivity index (χ3v) is 5.10. The van der Waals surface area contributed by atoms with Crippen LogP contribution in [0.3, 0.4) is 0 Å². The van der Waals surface area contributed by atoms with Crippen molar-refractivity contribution in [2.24, 2.45) is 5.92 Å². The van der Waals surface area contributed by atoms with Crippen LogP contribution in [0.4, 0.5) is 0 Å². The topological polar surface area (TPSA) is 110 Å². The quantitative estimate of drug-likeness (QED) is 0.829. The molecule has 1 aliphatic rings. The van der Waals surface area contributed by atoms with Gasteiger partial charge in [0.1, 0.15) is 5.75 Å². The Balaban J connectivity index is 2.29. The van der Waals surface area contributed by atoms with E-state index in [9.17, 15) is 18.0 Å². The molecule has 23 heavy (non-hydrogen) atoms. The fourth-order valence-electron chi connectivity index (χ4n) is 2.77. The molecular formula is C15H19NO6S. The highest BCUT2D eigenvalue weighted by atomic mass is 32.2. The minimum atomic E-state index is -3.46. The summed E-state index contributed by atoms with van der Waals surface area (Å²) in [5.74, 6) is -1.86. The predicted octanol–water partition coefficient (Wildman–Crippen LogP) is 1.08. The van der Waals surface area contributed by atoms with Crippen molar-refractivity contribution in [2.45, 2.75) is 30.2 Å². The molecule has 1 saturated carbocycles. The average Bonchev–Trinajstić information content (AvgIpc) is 2.93. The number of amides is 1. The van der Waals surface area contributed by atoms with Gasteiger partial charge in [-0.3, -0.25) is 9.59 Å². The van der Waals surface area contributed by atoms with Crippen LogP contribution in [-0.4, -0.2) is 44.8 Å². The van der Waals surface area contributed by atoms with E-state index in [0.717, 1.165) is 12.7 Å². The Labute approximate surface area is 134 Å². The summed E-state index contributed by atoms with van der Waals surface area (Å²) in [6, 6.07) is 3.55. The van der Waals surface area contributed by atoms with Gasteiger partial charge in [0, 0.05) is 12.3 Å². The molecule has 2 atom stereocenters. The summed E-state index contributed by atoms with van der Waals surface area (Å²) >= 11 is 0. The van der Waals surface area contributed by atoms with Crippen molar-refractivity contribution in [1.29, 1.82) is 0 Å². The number of methoxy groups -OCH3 is 1. The number of hydrogen-bond acceptors (Lipinski definition) is 5. The third kappa shape index (κ3) is 3.82. The Bertz CT molecular complexity index is 727. The van der Waals surface area contributed by atoms with Crippen molar-refractivity contribution in [2.75, 3.05) is 13.4 Å². The number of sulfone groups is 1. The first kappa shape index (κ1) is 17.3. The van der Waals surface area contributed by atoms with E-state index in [-0.39, 0.29) is 16.2 Å². The SMILES string of the molecule is COc1ccc(S(C)(=O)=O)cc1C(=O)N[C@@H]1CCC[C@@H]1C(=O)O. The minimum Gasteiger partial charge on any atom is -0.496 e. The van der Waals surface area contributed by atoms with Gasteiger partial charge in [-0.2, -0.15) is 0 Å². The zero-order valence-corrected chi connectivity index (χ0v) is 13.7. The number of carbonyl (C=O) groups excluding carboxylic acids is 1. The number of aliphatic carboxylic acids is 1. The molecule has 1 fully saturated rings. The van der Waals surface area contributed by atoms with Crippen LogP contribution in [0.1, 0.15) is 29.6 Å². The van der Waals surface area contributed by atoms with Crippen LogP contribution < -0.4 is 10.1 Å². The molecule has 0 aromatic heterocycles. The molecule has 7 nitrogen and oxygen atoms in total. The summed E-state index contributed by atoms with van der Waals surface area (Å²) in [7, 11) is -2.09. The van der Waals surface area contributed by atoms with Crippen LogP contribution >= 0.6 is 0 Å². The molecule has 0 unspecified atom stereocenters. The van der Waals surface area contributed by atoms with Crippen molar-refractivity contribution in [3.63, 3.8) is 0 Å². The van der Waals surface area contributed by atoms with Crippen molar-refractivity contribution in [1.82, 2.24) is 5.32 Å². The first-order valence-corrected chi connectivity index (χ1v) is 9.05. The number of nitrogens with one attached hydrogen (secondary N) is 1. The summed E-state index contributed by atoms with van der Waals surface area (Å²) in [6.45, 7) is 0. The highest BCUT2D eigenvalue weighted by molar-refractivity contribution is 7.90. The standard InChI is InChI=1S/C15H19NO6S/c1-22-13-7-6-9(23(2,20)21)8-11(13)14(17)16-12-5-3-4-10(12)15(18)19/h6-8,10,12H,3-5H2,1-2H3,(H,16,17)(H,18,19)/t10-,12+/m0/s1. The minimum absolute atomic E-state index is 0.00431. The van der Waals surface area contributed by atoms with E-state index >= 15 is 0 Å². The smallest absolute Gasteiger partial charge is 0.308 e. The van der Waals surface area contributed by atoms with Crippen molar-refractivity contribution in [3.05, 3.63) is 23.8 Å². The number of carboxylic acid groups (broad SMARTS) is 1. The first-order chi connectivity index (χ1) is 10.7. The normalized spacial score (nSPS) is 21.0. The summed E-state index contributed by atoms with van der Waals surface area (Å²) in [4.78, 5) is 23.6. The fraction of sp³-hybridized carbons (Fsp3) is 0.467. The molecule has 0 saturated heterocycles. The highest BCUT2D eigenvalue weighted by Crippen LogP contribution is 2.28. The first-order valence-electron chi connectivity index (χ1n) is 7.16. The number of carbonyl (C=O) groups is 2. The van der Waals surface area contributed by atoms with Gasteiger partial charge in [0.15, 0.2) is 9.84 Å². The Morgan fingerprint density at radius 2 is 2.00 bits per heavy atom. The Morgan fingerprint density at radius 1 is 1.30 bits per heavy atom. The van der Waals surface area contributed by atoms with Gasteiger partial charge in [0.2, 0.25) is 0 Å². The predicted molar refractivity (Wildman–Crippen MR) is 82.3 cm³/mol. The van der Waals surface area contributed by atoms with Crippen LogP contribution in [0.25, 0.3) is 0 Å². The van der Waals surface area contributed by atoms with E-state index in [1.807, 2.05) is 0 Å². The lowest BCUT2D eigenvalue weighted by Crippen LogP contribution is -2.40. The lowest BCUT2D eigenvalue weighted by molar-refractivity contribution is -0.142. The lowest BCUT2D eigenvalue weighted by Gasteiger charge is -2.18. The van der Waals surface area contributed by atoms with Gasteiger partial charge in [-0.05, 0) is 31.0 Å². The van der Waals surface area contributed by atoms with Gasteiger partial charge in [-0.25, -0.2) is 8.42 Å². The van der Waals surface area contributed by atoms with Gasteiger partial charge < -0.3 is 15.2 Å². The molecule has 0 aliphatic heterocycles. The monoisotopic (exact) mass is 341 g/mol. The van der Waals surface area contributed by atoms with Crippen molar-refractivity contribution < 1.29 is 27.9 Å². The van der Waals surface area contributed by atoms with E-state index in [4.69, 9.17) is 9.84 Å². The number of rotatable bonds is 5. The van der Waals surface area contributed by atoms with Gasteiger partial charge in [-0.1, -0.05) is 6.42 Å². The van der Waals surface area contributed by atoms with E-state index in [1.54, 1.807) is 0 Å². The maximum absolute atomic E-state index is 12.4. The summed E-state index contributed by atoms with van der Waals surface area (Å²) < 4.78 is 28.4. The summed E-state index contributed by atoms with van der Waals surface area (Å²) in [6.07, 6.45) is 2.87. The second-order valence-electron chi connectivity index (χ2n) is 5.59. The number of carboxylic acids is 1. The molecule has 2 N–H and O–H groups in total. The molecule has 1 aliphatic carbocycles. The van der Waals surface area contributed by atoms with E-state index in [2.05, 4.69) is 5.32 Å². The van der Waals surface area contributed by atoms with Crippen molar-refractivity contribution in [3.8, 4) is 5.75 Å². The molecule has 1 aromatic rings. The summed E-state index contributed by atoms with van der Waals surface area (Å²) in [5.41, 5.74) is 0.0754. The van der Waals surface area contributed by atoms with Crippen LogP contribution in [0.2, 0.25) is 0 Å². The number of hydrogen-bond donors (Lipinski definition) is 2. The van der Waals surface area contributed by atoms with Crippen molar-refractivity contribution >= 4 is 21.7 Å². The zero-order valence-electron chi connectivity index (χ0n) is 12.9. The lowest BCUT2D eigenvalue weighted by atomic mass is 10.0. The molecular weight excluding hydrogens is 322 g/mol. The molecule has 2 rings (SSSR count). The fourth-order valence-corrected chi connectivity index (χ4v) is 3.42. The molecule has 1 aromatic carbocycles. The molecule has 0 spiro atoms. The van der Waals surface area contributed by atoms with E-state index < -0.39 is 33.7 Å². The Kier molecular flexibility index (Phi) is 4.93. The molecule has 1 amide bonds. The zero-order chi connectivity index (χ0) is 17.2. The molecule has 0 bridgehead atoms. The second-order valence-corrected chi connectivity index (χ2v) is 7.61. The largest absolute Gasteiger partial charge is 0.496 e. The van der Waals surface area contributed by atoms with Gasteiger partial charge in [-0.15, -0.1) is 0 Å². The summed E-state index contributed by atoms with van der Waals surface area (Å²) in [5, 5.41) is 11.8. The highest BCUT2D eigenvalue weighted by Gasteiger charge is 2.34. The maximum Gasteiger partial charge on any atom is 0.308 e. The molecule has 126 valence electrons. The number of ether oxygens (including phenoxy) is 1. The van der Waals surface area contributed by atoms with Crippen LogP contribution in [0.5, 0.6) is 5.75 Å². The van der Waals surface area contributed by atoms with Crippen LogP contribution in [0.15, 0.2) is 23.1 Å². The van der Waals surface area contributed by atoms with Gasteiger partial charge >= 0.3 is 5.97 Å². The average molecular weight is 341 g/mol. The maximum atomic E-state index is 12.4. The molecule has 8 heteroatoms. The van der Waals surface area contributed by atoms with Crippen LogP contribution in [0, 0.1) is 5.92 Å². The molecule has 0 heterocycles. The molecule has 0 radical (unpaired) electrons. The second kappa shape index (κ2) is 6.57. The number of benzene rings is 1. The Morgan fingerprint density at radius 3 is 2.57 bits per heavy atom. The third-order valence-electron chi connectivity index (χ3n) is 3.99. The van der Waals surface area contributed by atoms with Crippen LogP contribution in [-0.2, 0) is 14.6 Å².